The summed E-state index contributed by atoms with van der Waals surface area (Å²) in [7, 11) is 2.14. The van der Waals surface area contributed by atoms with Gasteiger partial charge in [0.1, 0.15) is 25.4 Å². The second kappa shape index (κ2) is 8.76. The van der Waals surface area contributed by atoms with Gasteiger partial charge in [-0.15, -0.1) is 0 Å². The maximum absolute atomic E-state index is 10.4. The minimum atomic E-state index is -1.20. The predicted molar refractivity (Wildman–Crippen MR) is 87.9 cm³/mol. The zero-order valence-corrected chi connectivity index (χ0v) is 13.2. The van der Waals surface area contributed by atoms with Crippen LogP contribution in [0, 0.1) is 0 Å². The SMILES string of the molecule is C[NH+](CCOc1ccc(/C=C/C(=O)[O-])cc1)Cc1ccccc1. The second-order valence-corrected chi connectivity index (χ2v) is 5.44. The van der Waals surface area contributed by atoms with Crippen LogP contribution in [-0.2, 0) is 11.3 Å². The molecule has 0 aliphatic carbocycles. The maximum Gasteiger partial charge on any atom is 0.137 e. The molecule has 0 spiro atoms. The van der Waals surface area contributed by atoms with Gasteiger partial charge in [-0.1, -0.05) is 48.5 Å². The highest BCUT2D eigenvalue weighted by Gasteiger charge is 2.03. The van der Waals surface area contributed by atoms with E-state index in [0.717, 1.165) is 30.5 Å². The van der Waals surface area contributed by atoms with Crippen molar-refractivity contribution in [2.24, 2.45) is 0 Å². The number of carboxylic acid groups (broad SMARTS) is 1. The van der Waals surface area contributed by atoms with Crippen LogP contribution >= 0.6 is 0 Å². The number of carbonyl (C=O) groups excluding carboxylic acids is 1. The Bertz CT molecular complexity index is 635. The minimum absolute atomic E-state index is 0.632. The number of quaternary nitrogens is 1. The third kappa shape index (κ3) is 6.36. The van der Waals surface area contributed by atoms with Crippen molar-refractivity contribution >= 4 is 12.0 Å². The Morgan fingerprint density at radius 2 is 1.83 bits per heavy atom. The summed E-state index contributed by atoms with van der Waals surface area (Å²) in [5.74, 6) is -0.419. The quantitative estimate of drug-likeness (QED) is 0.724. The normalized spacial score (nSPS) is 12.2. The molecular weight excluding hydrogens is 290 g/mol. The molecule has 0 amide bonds. The number of carbonyl (C=O) groups is 1. The van der Waals surface area contributed by atoms with Crippen LogP contribution in [0.25, 0.3) is 6.08 Å². The molecule has 0 fully saturated rings. The Kier molecular flexibility index (Phi) is 6.39. The molecule has 1 atom stereocenters. The van der Waals surface area contributed by atoms with Gasteiger partial charge in [0.05, 0.1) is 13.0 Å². The minimum Gasteiger partial charge on any atom is -0.545 e. The van der Waals surface area contributed by atoms with Crippen LogP contribution < -0.4 is 14.7 Å². The topological polar surface area (TPSA) is 53.8 Å². The van der Waals surface area contributed by atoms with E-state index >= 15 is 0 Å². The third-order valence-corrected chi connectivity index (χ3v) is 3.44. The molecule has 0 aromatic heterocycles. The van der Waals surface area contributed by atoms with E-state index in [1.807, 2.05) is 30.3 Å². The summed E-state index contributed by atoms with van der Waals surface area (Å²) in [6.07, 6.45) is 2.51. The molecule has 0 saturated heterocycles. The van der Waals surface area contributed by atoms with Gasteiger partial charge >= 0.3 is 0 Å². The van der Waals surface area contributed by atoms with Gasteiger partial charge in [-0.25, -0.2) is 0 Å². The Balaban J connectivity index is 1.74. The largest absolute Gasteiger partial charge is 0.545 e. The molecule has 1 unspecified atom stereocenters. The van der Waals surface area contributed by atoms with Crippen LogP contribution in [0.2, 0.25) is 0 Å². The van der Waals surface area contributed by atoms with Gasteiger partial charge in [-0.2, -0.15) is 0 Å². The molecule has 0 saturated carbocycles. The summed E-state index contributed by atoms with van der Waals surface area (Å²) in [5.41, 5.74) is 2.11. The Morgan fingerprint density at radius 3 is 2.48 bits per heavy atom. The smallest absolute Gasteiger partial charge is 0.137 e. The highest BCUT2D eigenvalue weighted by molar-refractivity contribution is 5.83. The van der Waals surface area contributed by atoms with Gasteiger partial charge in [0.2, 0.25) is 0 Å². The first kappa shape index (κ1) is 16.8. The summed E-state index contributed by atoms with van der Waals surface area (Å²) >= 11 is 0. The summed E-state index contributed by atoms with van der Waals surface area (Å²) in [5, 5.41) is 10.4. The number of carboxylic acids is 1. The Labute approximate surface area is 136 Å². The molecule has 0 aliphatic heterocycles. The maximum atomic E-state index is 10.4. The number of hydrogen-bond acceptors (Lipinski definition) is 3. The fourth-order valence-corrected chi connectivity index (χ4v) is 2.22. The fraction of sp³-hybridized carbons (Fsp3) is 0.211. The van der Waals surface area contributed by atoms with E-state index in [-0.39, 0.29) is 0 Å². The first-order valence-corrected chi connectivity index (χ1v) is 7.60. The van der Waals surface area contributed by atoms with Gasteiger partial charge < -0.3 is 19.5 Å². The van der Waals surface area contributed by atoms with Crippen LogP contribution in [0.1, 0.15) is 11.1 Å². The number of benzene rings is 2. The van der Waals surface area contributed by atoms with Crippen LogP contribution in [0.3, 0.4) is 0 Å². The molecular formula is C19H21NO3. The molecule has 2 aromatic carbocycles. The zero-order chi connectivity index (χ0) is 16.5. The lowest BCUT2D eigenvalue weighted by Gasteiger charge is -2.14. The van der Waals surface area contributed by atoms with Crippen molar-refractivity contribution in [1.82, 2.24) is 0 Å². The zero-order valence-electron chi connectivity index (χ0n) is 13.2. The number of ether oxygens (including phenoxy) is 1. The molecule has 2 aromatic rings. The molecule has 4 nitrogen and oxygen atoms in total. The molecule has 0 heterocycles. The number of nitrogens with one attached hydrogen (secondary N) is 1. The summed E-state index contributed by atoms with van der Waals surface area (Å²) < 4.78 is 5.72. The standard InChI is InChI=1S/C19H21NO3/c1-20(15-17-5-3-2-4-6-17)13-14-23-18-10-7-16(8-11-18)9-12-19(21)22/h2-12H,13-15H2,1H3,(H,21,22)/b12-9+. The fourth-order valence-electron chi connectivity index (χ4n) is 2.22. The molecule has 4 heteroatoms. The molecule has 0 aliphatic rings. The van der Waals surface area contributed by atoms with E-state index in [2.05, 4.69) is 31.3 Å². The number of likely N-dealkylation sites (N-methyl/N-ethyl adjacent to an activating group) is 1. The first-order chi connectivity index (χ1) is 11.1. The molecule has 2 rings (SSSR count). The summed E-state index contributed by atoms with van der Waals surface area (Å²) in [6.45, 7) is 2.51. The van der Waals surface area contributed by atoms with Gasteiger partial charge in [-0.3, -0.25) is 0 Å². The third-order valence-electron chi connectivity index (χ3n) is 3.44. The lowest BCUT2D eigenvalue weighted by molar-refractivity contribution is -0.893. The Hall–Kier alpha value is -2.59. The van der Waals surface area contributed by atoms with Crippen LogP contribution in [0.4, 0.5) is 0 Å². The number of aliphatic carboxylic acids is 1. The van der Waals surface area contributed by atoms with Gasteiger partial charge in [0.25, 0.3) is 0 Å². The monoisotopic (exact) mass is 311 g/mol. The summed E-state index contributed by atoms with van der Waals surface area (Å²) in [4.78, 5) is 11.7. The van der Waals surface area contributed by atoms with Crippen molar-refractivity contribution in [2.75, 3.05) is 20.2 Å². The van der Waals surface area contributed by atoms with Crippen LogP contribution in [0.5, 0.6) is 5.75 Å². The highest BCUT2D eigenvalue weighted by atomic mass is 16.5. The van der Waals surface area contributed by atoms with Crippen molar-refractivity contribution in [1.29, 1.82) is 0 Å². The summed E-state index contributed by atoms with van der Waals surface area (Å²) in [6, 6.07) is 17.7. The highest BCUT2D eigenvalue weighted by Crippen LogP contribution is 2.12. The predicted octanol–water partition coefficient (Wildman–Crippen LogP) is 0.543. The van der Waals surface area contributed by atoms with Crippen LogP contribution in [0.15, 0.2) is 60.7 Å². The molecule has 23 heavy (non-hydrogen) atoms. The average molecular weight is 311 g/mol. The van der Waals surface area contributed by atoms with Crippen molar-refractivity contribution in [2.45, 2.75) is 6.54 Å². The van der Waals surface area contributed by atoms with Crippen molar-refractivity contribution in [3.8, 4) is 5.75 Å². The van der Waals surface area contributed by atoms with Crippen molar-refractivity contribution < 1.29 is 19.5 Å². The van der Waals surface area contributed by atoms with E-state index in [9.17, 15) is 9.90 Å². The van der Waals surface area contributed by atoms with Crippen molar-refractivity contribution in [3.05, 3.63) is 71.8 Å². The molecule has 0 bridgehead atoms. The molecule has 120 valence electrons. The number of rotatable bonds is 8. The van der Waals surface area contributed by atoms with Gasteiger partial charge in [0, 0.05) is 5.56 Å². The second-order valence-electron chi connectivity index (χ2n) is 5.44. The average Bonchev–Trinajstić information content (AvgIpc) is 2.55. The van der Waals surface area contributed by atoms with E-state index in [1.165, 1.54) is 16.5 Å². The van der Waals surface area contributed by atoms with Crippen molar-refractivity contribution in [3.63, 3.8) is 0 Å². The lowest BCUT2D eigenvalue weighted by atomic mass is 10.2. The van der Waals surface area contributed by atoms with Gasteiger partial charge in [0.15, 0.2) is 0 Å². The first-order valence-electron chi connectivity index (χ1n) is 7.60. The van der Waals surface area contributed by atoms with E-state index in [0.29, 0.717) is 6.61 Å². The number of hydrogen-bond donors (Lipinski definition) is 1. The Morgan fingerprint density at radius 1 is 1.13 bits per heavy atom. The molecule has 1 N–H and O–H groups in total. The lowest BCUT2D eigenvalue weighted by Crippen LogP contribution is -3.08. The van der Waals surface area contributed by atoms with E-state index in [4.69, 9.17) is 4.74 Å². The molecule has 0 radical (unpaired) electrons. The van der Waals surface area contributed by atoms with E-state index in [1.54, 1.807) is 0 Å². The van der Waals surface area contributed by atoms with Gasteiger partial charge in [-0.05, 0) is 23.8 Å². The van der Waals surface area contributed by atoms with Crippen LogP contribution in [-0.4, -0.2) is 26.2 Å². The van der Waals surface area contributed by atoms with E-state index < -0.39 is 5.97 Å².